The minimum atomic E-state index is -4.65. The molecule has 0 aliphatic carbocycles. The molecule has 3 rings (SSSR count). The van der Waals surface area contributed by atoms with Gasteiger partial charge in [0.05, 0.1) is 17.0 Å². The number of halogens is 3. The number of hydrogen-bond acceptors (Lipinski definition) is 5. The van der Waals surface area contributed by atoms with Crippen LogP contribution in [0.4, 0.5) is 13.2 Å². The van der Waals surface area contributed by atoms with Gasteiger partial charge < -0.3 is 9.40 Å². The van der Waals surface area contributed by atoms with E-state index in [9.17, 15) is 18.0 Å². The molecule has 124 valence electrons. The van der Waals surface area contributed by atoms with Crippen LogP contribution < -0.4 is 5.56 Å². The van der Waals surface area contributed by atoms with E-state index in [0.717, 1.165) is 5.69 Å². The van der Waals surface area contributed by atoms with Gasteiger partial charge in [-0.3, -0.25) is 9.69 Å². The molecule has 9 heteroatoms. The minimum absolute atomic E-state index is 0.213. The lowest BCUT2D eigenvalue weighted by Gasteiger charge is -2.27. The molecule has 0 fully saturated rings. The molecule has 0 saturated heterocycles. The SMILES string of the molecule is Cc1nc(CN2CCc3nc(C(F)(F)F)[nH]c(=O)c3C2)c(C)o1. The number of aromatic nitrogens is 3. The van der Waals surface area contributed by atoms with Crippen LogP contribution in [0.1, 0.15) is 34.4 Å². The monoisotopic (exact) mass is 328 g/mol. The molecule has 0 atom stereocenters. The van der Waals surface area contributed by atoms with Gasteiger partial charge >= 0.3 is 6.18 Å². The van der Waals surface area contributed by atoms with Crippen molar-refractivity contribution in [3.8, 4) is 0 Å². The van der Waals surface area contributed by atoms with Crippen LogP contribution in [0.15, 0.2) is 9.21 Å². The summed E-state index contributed by atoms with van der Waals surface area (Å²) < 4.78 is 43.4. The van der Waals surface area contributed by atoms with Crippen LogP contribution >= 0.6 is 0 Å². The largest absolute Gasteiger partial charge is 0.449 e. The third-order valence-corrected chi connectivity index (χ3v) is 3.79. The molecule has 2 aromatic rings. The zero-order chi connectivity index (χ0) is 16.8. The van der Waals surface area contributed by atoms with Gasteiger partial charge in [-0.15, -0.1) is 0 Å². The van der Waals surface area contributed by atoms with Crippen molar-refractivity contribution >= 4 is 0 Å². The van der Waals surface area contributed by atoms with E-state index < -0.39 is 17.6 Å². The number of aromatic amines is 1. The second-order valence-corrected chi connectivity index (χ2v) is 5.53. The van der Waals surface area contributed by atoms with E-state index >= 15 is 0 Å². The van der Waals surface area contributed by atoms with E-state index in [1.54, 1.807) is 13.8 Å². The Kier molecular flexibility index (Phi) is 3.75. The van der Waals surface area contributed by atoms with Gasteiger partial charge in [-0.25, -0.2) is 9.97 Å². The topological polar surface area (TPSA) is 75.0 Å². The van der Waals surface area contributed by atoms with E-state index in [1.807, 2.05) is 9.88 Å². The number of H-pyrrole nitrogens is 1. The molecule has 1 aliphatic heterocycles. The third-order valence-electron chi connectivity index (χ3n) is 3.79. The maximum absolute atomic E-state index is 12.7. The van der Waals surface area contributed by atoms with Crippen molar-refractivity contribution < 1.29 is 17.6 Å². The molecule has 0 aromatic carbocycles. The van der Waals surface area contributed by atoms with Crippen LogP contribution in [-0.4, -0.2) is 26.4 Å². The van der Waals surface area contributed by atoms with Crippen molar-refractivity contribution in [2.24, 2.45) is 0 Å². The predicted molar refractivity (Wildman–Crippen MR) is 73.7 cm³/mol. The zero-order valence-corrected chi connectivity index (χ0v) is 12.6. The Morgan fingerprint density at radius 1 is 1.30 bits per heavy atom. The summed E-state index contributed by atoms with van der Waals surface area (Å²) in [5.74, 6) is 0.0228. The standard InChI is InChI=1S/C14H15F3N4O2/c1-7-11(18-8(2)23-7)6-21-4-3-10-9(5-21)12(22)20-13(19-10)14(15,16)17/h3-6H2,1-2H3,(H,19,20,22). The Balaban J connectivity index is 1.84. The van der Waals surface area contributed by atoms with Gasteiger partial charge in [-0.2, -0.15) is 13.2 Å². The highest BCUT2D eigenvalue weighted by Gasteiger charge is 2.36. The fraction of sp³-hybridized carbons (Fsp3) is 0.500. The van der Waals surface area contributed by atoms with E-state index in [0.29, 0.717) is 24.7 Å². The molecule has 0 amide bonds. The second-order valence-electron chi connectivity index (χ2n) is 5.53. The number of nitrogens with zero attached hydrogens (tertiary/aromatic N) is 3. The average molecular weight is 328 g/mol. The summed E-state index contributed by atoms with van der Waals surface area (Å²) in [6.07, 6.45) is -4.36. The molecule has 0 unspecified atom stereocenters. The highest BCUT2D eigenvalue weighted by Crippen LogP contribution is 2.26. The Hall–Kier alpha value is -2.16. The molecular formula is C14H15F3N4O2. The second kappa shape index (κ2) is 5.48. The van der Waals surface area contributed by atoms with Crippen molar-refractivity contribution in [2.45, 2.75) is 39.5 Å². The van der Waals surface area contributed by atoms with Gasteiger partial charge in [-0.05, 0) is 6.92 Å². The number of nitrogens with one attached hydrogen (secondary N) is 1. The zero-order valence-electron chi connectivity index (χ0n) is 12.6. The van der Waals surface area contributed by atoms with Crippen molar-refractivity contribution in [1.82, 2.24) is 19.9 Å². The van der Waals surface area contributed by atoms with Gasteiger partial charge in [0.2, 0.25) is 5.82 Å². The van der Waals surface area contributed by atoms with E-state index in [-0.39, 0.29) is 24.2 Å². The first-order valence-electron chi connectivity index (χ1n) is 7.08. The van der Waals surface area contributed by atoms with Crippen LogP contribution in [-0.2, 0) is 25.7 Å². The first-order valence-corrected chi connectivity index (χ1v) is 7.08. The summed E-state index contributed by atoms with van der Waals surface area (Å²) >= 11 is 0. The summed E-state index contributed by atoms with van der Waals surface area (Å²) in [4.78, 5) is 23.5. The predicted octanol–water partition coefficient (Wildman–Crippen LogP) is 1.95. The van der Waals surface area contributed by atoms with Crippen molar-refractivity contribution in [2.75, 3.05) is 6.54 Å². The van der Waals surface area contributed by atoms with Crippen molar-refractivity contribution in [3.05, 3.63) is 44.8 Å². The molecule has 23 heavy (non-hydrogen) atoms. The molecule has 0 saturated carbocycles. The third kappa shape index (κ3) is 3.14. The molecule has 0 radical (unpaired) electrons. The molecule has 1 aliphatic rings. The van der Waals surface area contributed by atoms with Crippen LogP contribution in [0, 0.1) is 13.8 Å². The van der Waals surface area contributed by atoms with Gasteiger partial charge in [0.25, 0.3) is 5.56 Å². The average Bonchev–Trinajstić information content (AvgIpc) is 2.76. The first-order chi connectivity index (χ1) is 10.7. The van der Waals surface area contributed by atoms with E-state index in [2.05, 4.69) is 9.97 Å². The Labute approximate surface area is 129 Å². The molecule has 2 aromatic heterocycles. The smallest absolute Gasteiger partial charge is 0.446 e. The number of alkyl halides is 3. The Bertz CT molecular complexity index is 794. The molecule has 6 nitrogen and oxygen atoms in total. The number of oxazole rings is 1. The molecule has 0 bridgehead atoms. The Morgan fingerprint density at radius 2 is 2.04 bits per heavy atom. The minimum Gasteiger partial charge on any atom is -0.446 e. The van der Waals surface area contributed by atoms with Crippen LogP contribution in [0.25, 0.3) is 0 Å². The first kappa shape index (κ1) is 15.7. The number of aryl methyl sites for hydroxylation is 2. The maximum atomic E-state index is 12.7. The maximum Gasteiger partial charge on any atom is 0.449 e. The van der Waals surface area contributed by atoms with Crippen molar-refractivity contribution in [1.29, 1.82) is 0 Å². The number of fused-ring (bicyclic) bond motifs is 1. The lowest BCUT2D eigenvalue weighted by molar-refractivity contribution is -0.145. The summed E-state index contributed by atoms with van der Waals surface area (Å²) in [6, 6.07) is 0. The number of hydrogen-bond donors (Lipinski definition) is 1. The van der Waals surface area contributed by atoms with Gasteiger partial charge in [0, 0.05) is 33.0 Å². The molecule has 1 N–H and O–H groups in total. The van der Waals surface area contributed by atoms with E-state index in [4.69, 9.17) is 4.42 Å². The Morgan fingerprint density at radius 3 is 2.65 bits per heavy atom. The fourth-order valence-electron chi connectivity index (χ4n) is 2.68. The molecule has 3 heterocycles. The lowest BCUT2D eigenvalue weighted by atomic mass is 10.1. The fourth-order valence-corrected chi connectivity index (χ4v) is 2.68. The van der Waals surface area contributed by atoms with Crippen molar-refractivity contribution in [3.63, 3.8) is 0 Å². The summed E-state index contributed by atoms with van der Waals surface area (Å²) in [5.41, 5.74) is 0.523. The summed E-state index contributed by atoms with van der Waals surface area (Å²) in [5, 5.41) is 0. The van der Waals surface area contributed by atoms with Crippen LogP contribution in [0.2, 0.25) is 0 Å². The highest BCUT2D eigenvalue weighted by atomic mass is 19.4. The van der Waals surface area contributed by atoms with Gasteiger partial charge in [0.15, 0.2) is 5.89 Å². The summed E-state index contributed by atoms with van der Waals surface area (Å²) in [6.45, 7) is 4.77. The number of rotatable bonds is 2. The van der Waals surface area contributed by atoms with E-state index in [1.165, 1.54) is 0 Å². The normalized spacial score (nSPS) is 15.7. The molecular weight excluding hydrogens is 313 g/mol. The highest BCUT2D eigenvalue weighted by molar-refractivity contribution is 5.22. The molecule has 0 spiro atoms. The quantitative estimate of drug-likeness (QED) is 0.912. The summed E-state index contributed by atoms with van der Waals surface area (Å²) in [7, 11) is 0. The lowest BCUT2D eigenvalue weighted by Crippen LogP contribution is -2.36. The van der Waals surface area contributed by atoms with Crippen LogP contribution in [0.5, 0.6) is 0 Å². The van der Waals surface area contributed by atoms with Gasteiger partial charge in [-0.1, -0.05) is 0 Å². The van der Waals surface area contributed by atoms with Crippen LogP contribution in [0.3, 0.4) is 0 Å². The van der Waals surface area contributed by atoms with Gasteiger partial charge in [0.1, 0.15) is 5.76 Å².